The van der Waals surface area contributed by atoms with E-state index in [1.54, 1.807) is 0 Å². The highest BCUT2D eigenvalue weighted by molar-refractivity contribution is 7.80. The summed E-state index contributed by atoms with van der Waals surface area (Å²) >= 11 is 5.96. The van der Waals surface area contributed by atoms with Crippen LogP contribution in [0.25, 0.3) is 5.69 Å². The first-order valence-corrected chi connectivity index (χ1v) is 13.0. The average molecular weight is 495 g/mol. The number of nitrogens with zero attached hydrogens (tertiary/aromatic N) is 3. The van der Waals surface area contributed by atoms with Gasteiger partial charge in [0, 0.05) is 23.3 Å². The summed E-state index contributed by atoms with van der Waals surface area (Å²) in [5.41, 5.74) is 10.9. The Balaban J connectivity index is 1.68. The number of hydrogen-bond acceptors (Lipinski definition) is 2. The number of nitrogens with one attached hydrogen (secondary N) is 1. The average Bonchev–Trinajstić information content (AvgIpc) is 3.35. The third kappa shape index (κ3) is 4.11. The molecule has 2 atom stereocenters. The van der Waals surface area contributed by atoms with Crippen LogP contribution in [0.3, 0.4) is 0 Å². The van der Waals surface area contributed by atoms with Gasteiger partial charge in [-0.25, -0.2) is 0 Å². The molecule has 1 N–H and O–H groups in total. The SMILES string of the molecule is Cc1cccc(C)c1-n1c(C)cc([C@@H]2[C@H](c3ccccn3)NC(=S)N2c2ccc(C(C)C)cc2)c1C. The largest absolute Gasteiger partial charge is 0.351 e. The molecule has 184 valence electrons. The normalized spacial score (nSPS) is 17.6. The van der Waals surface area contributed by atoms with Crippen molar-refractivity contribution < 1.29 is 0 Å². The zero-order valence-corrected chi connectivity index (χ0v) is 22.7. The van der Waals surface area contributed by atoms with Gasteiger partial charge in [0.05, 0.1) is 23.5 Å². The Morgan fingerprint density at radius 1 is 0.889 bits per heavy atom. The van der Waals surface area contributed by atoms with Crippen molar-refractivity contribution in [2.75, 3.05) is 4.90 Å². The van der Waals surface area contributed by atoms with Gasteiger partial charge in [0.2, 0.25) is 0 Å². The predicted octanol–water partition coefficient (Wildman–Crippen LogP) is 7.41. The van der Waals surface area contributed by atoms with Crippen LogP contribution in [0.2, 0.25) is 0 Å². The van der Waals surface area contributed by atoms with Crippen LogP contribution >= 0.6 is 12.2 Å². The Bertz CT molecular complexity index is 1380. The first kappa shape index (κ1) is 24.3. The van der Waals surface area contributed by atoms with Crippen molar-refractivity contribution in [1.29, 1.82) is 0 Å². The fraction of sp³-hybridized carbons (Fsp3) is 0.290. The number of rotatable bonds is 5. The molecule has 0 bridgehead atoms. The summed E-state index contributed by atoms with van der Waals surface area (Å²) in [5, 5.41) is 4.34. The molecule has 36 heavy (non-hydrogen) atoms. The summed E-state index contributed by atoms with van der Waals surface area (Å²) in [6.45, 7) is 13.2. The molecule has 4 aromatic rings. The minimum Gasteiger partial charge on any atom is -0.351 e. The number of anilines is 1. The molecule has 5 heteroatoms. The van der Waals surface area contributed by atoms with Gasteiger partial charge in [-0.15, -0.1) is 0 Å². The van der Waals surface area contributed by atoms with Crippen molar-refractivity contribution in [3.05, 3.63) is 112 Å². The second-order valence-corrected chi connectivity index (χ2v) is 10.5. The molecule has 0 radical (unpaired) electrons. The summed E-state index contributed by atoms with van der Waals surface area (Å²) in [6.07, 6.45) is 1.86. The number of para-hydroxylation sites is 1. The molecule has 1 fully saturated rings. The number of hydrogen-bond donors (Lipinski definition) is 1. The molecule has 0 aliphatic carbocycles. The van der Waals surface area contributed by atoms with Gasteiger partial charge in [0.1, 0.15) is 0 Å². The molecule has 2 aromatic heterocycles. The van der Waals surface area contributed by atoms with E-state index in [2.05, 4.69) is 111 Å². The zero-order chi connectivity index (χ0) is 25.6. The van der Waals surface area contributed by atoms with Gasteiger partial charge in [-0.3, -0.25) is 4.98 Å². The van der Waals surface area contributed by atoms with Crippen molar-refractivity contribution in [1.82, 2.24) is 14.9 Å². The monoisotopic (exact) mass is 494 g/mol. The molecule has 5 rings (SSSR count). The van der Waals surface area contributed by atoms with E-state index in [9.17, 15) is 0 Å². The lowest BCUT2D eigenvalue weighted by Gasteiger charge is -2.28. The van der Waals surface area contributed by atoms with Gasteiger partial charge in [0.25, 0.3) is 0 Å². The number of aryl methyl sites for hydroxylation is 3. The smallest absolute Gasteiger partial charge is 0.174 e. The van der Waals surface area contributed by atoms with Crippen molar-refractivity contribution in [3.8, 4) is 5.69 Å². The molecule has 3 heterocycles. The van der Waals surface area contributed by atoms with Gasteiger partial charge in [0.15, 0.2) is 5.11 Å². The Kier molecular flexibility index (Phi) is 6.44. The lowest BCUT2D eigenvalue weighted by Crippen LogP contribution is -2.29. The summed E-state index contributed by atoms with van der Waals surface area (Å²) in [7, 11) is 0. The third-order valence-corrected chi connectivity index (χ3v) is 7.70. The topological polar surface area (TPSA) is 33.1 Å². The maximum atomic E-state index is 5.96. The van der Waals surface area contributed by atoms with Crippen molar-refractivity contribution in [3.63, 3.8) is 0 Å². The minimum atomic E-state index is -0.0598. The van der Waals surface area contributed by atoms with Crippen LogP contribution in [0.4, 0.5) is 5.69 Å². The Hall–Kier alpha value is -3.44. The second kappa shape index (κ2) is 9.55. The van der Waals surface area contributed by atoms with Crippen molar-refractivity contribution >= 4 is 23.0 Å². The lowest BCUT2D eigenvalue weighted by molar-refractivity contribution is 0.565. The zero-order valence-electron chi connectivity index (χ0n) is 21.9. The van der Waals surface area contributed by atoms with Crippen LogP contribution < -0.4 is 10.2 Å². The fourth-order valence-electron chi connectivity index (χ4n) is 5.56. The molecule has 0 amide bonds. The molecular formula is C31H34N4S. The Morgan fingerprint density at radius 3 is 2.19 bits per heavy atom. The van der Waals surface area contributed by atoms with Crippen LogP contribution in [0.5, 0.6) is 0 Å². The van der Waals surface area contributed by atoms with E-state index in [0.29, 0.717) is 5.92 Å². The number of thiocarbonyl (C=S) groups is 1. The van der Waals surface area contributed by atoms with Crippen molar-refractivity contribution in [2.24, 2.45) is 0 Å². The Morgan fingerprint density at radius 2 is 1.58 bits per heavy atom. The second-order valence-electron chi connectivity index (χ2n) is 10.1. The standard InChI is InChI=1S/C31H34N4S/c1-19(2)24-13-15-25(16-14-24)35-30(28(33-31(35)36)27-12-7-8-17-32-27)26-18-22(5)34(23(26)6)29-20(3)10-9-11-21(29)4/h7-19,28,30H,1-6H3,(H,33,36)/t28-,30+/m0/s1. The summed E-state index contributed by atoms with van der Waals surface area (Å²) < 4.78 is 2.40. The van der Waals surface area contributed by atoms with E-state index in [4.69, 9.17) is 17.2 Å². The molecule has 4 nitrogen and oxygen atoms in total. The number of pyridine rings is 1. The number of aromatic nitrogens is 2. The van der Waals surface area contributed by atoms with E-state index in [-0.39, 0.29) is 12.1 Å². The highest BCUT2D eigenvalue weighted by Crippen LogP contribution is 2.44. The van der Waals surface area contributed by atoms with Crippen LogP contribution in [-0.2, 0) is 0 Å². The van der Waals surface area contributed by atoms with E-state index in [1.807, 2.05) is 18.3 Å². The van der Waals surface area contributed by atoms with E-state index in [1.165, 1.54) is 39.3 Å². The third-order valence-electron chi connectivity index (χ3n) is 7.39. The highest BCUT2D eigenvalue weighted by atomic mass is 32.1. The van der Waals surface area contributed by atoms with Crippen LogP contribution in [-0.4, -0.2) is 14.7 Å². The quantitative estimate of drug-likeness (QED) is 0.293. The molecule has 0 saturated carbocycles. The van der Waals surface area contributed by atoms with E-state index in [0.717, 1.165) is 16.5 Å². The molecule has 1 saturated heterocycles. The lowest BCUT2D eigenvalue weighted by atomic mass is 9.96. The van der Waals surface area contributed by atoms with Gasteiger partial charge in [-0.05, 0) is 98.4 Å². The van der Waals surface area contributed by atoms with Crippen molar-refractivity contribution in [2.45, 2.75) is 59.5 Å². The van der Waals surface area contributed by atoms with E-state index >= 15 is 0 Å². The Labute approximate surface area is 220 Å². The van der Waals surface area contributed by atoms with Crippen LogP contribution in [0.1, 0.15) is 71.2 Å². The first-order valence-electron chi connectivity index (χ1n) is 12.6. The fourth-order valence-corrected chi connectivity index (χ4v) is 5.90. The number of benzene rings is 2. The summed E-state index contributed by atoms with van der Waals surface area (Å²) in [5.74, 6) is 0.482. The van der Waals surface area contributed by atoms with Gasteiger partial charge < -0.3 is 14.8 Å². The van der Waals surface area contributed by atoms with Gasteiger partial charge in [-0.1, -0.05) is 50.2 Å². The molecule has 1 aliphatic heterocycles. The predicted molar refractivity (Wildman–Crippen MR) is 153 cm³/mol. The summed E-state index contributed by atoms with van der Waals surface area (Å²) in [4.78, 5) is 7.00. The minimum absolute atomic E-state index is 0.0263. The van der Waals surface area contributed by atoms with Gasteiger partial charge >= 0.3 is 0 Å². The van der Waals surface area contributed by atoms with Gasteiger partial charge in [-0.2, -0.15) is 0 Å². The molecule has 2 aromatic carbocycles. The van der Waals surface area contributed by atoms with Crippen LogP contribution in [0.15, 0.2) is 72.9 Å². The molecule has 0 spiro atoms. The molecule has 1 aliphatic rings. The van der Waals surface area contributed by atoms with Crippen LogP contribution in [0, 0.1) is 27.7 Å². The highest BCUT2D eigenvalue weighted by Gasteiger charge is 2.42. The molecule has 0 unspecified atom stereocenters. The van der Waals surface area contributed by atoms with E-state index < -0.39 is 0 Å². The maximum Gasteiger partial charge on any atom is 0.174 e. The summed E-state index contributed by atoms with van der Waals surface area (Å²) in [6, 6.07) is 23.7. The first-order chi connectivity index (χ1) is 17.3. The maximum absolute atomic E-state index is 5.96. The molecular weight excluding hydrogens is 460 g/mol.